The molecule has 2 aliphatic rings. The van der Waals surface area contributed by atoms with E-state index < -0.39 is 49.2 Å². The molecule has 6 atom stereocenters. The SMILES string of the molecule is CO[C@H]1OC([C@H](O)CO)[C@@H](OCc2ccccc2)C2OC(C)(C)OC21. The largest absolute Gasteiger partial charge is 0.394 e. The average Bonchev–Trinajstić information content (AvgIpc) is 2.94. The van der Waals surface area contributed by atoms with Gasteiger partial charge < -0.3 is 33.9 Å². The molecule has 2 aliphatic heterocycles. The van der Waals surface area contributed by atoms with E-state index in [0.717, 1.165) is 5.56 Å². The second-order valence-corrected chi connectivity index (χ2v) is 6.78. The number of aliphatic hydroxyl groups is 2. The van der Waals surface area contributed by atoms with Crippen LogP contribution in [0.3, 0.4) is 0 Å². The predicted molar refractivity (Wildman–Crippen MR) is 87.6 cm³/mol. The van der Waals surface area contributed by atoms with Gasteiger partial charge in [0.05, 0.1) is 13.2 Å². The summed E-state index contributed by atoms with van der Waals surface area (Å²) in [5.41, 5.74) is 0.989. The molecule has 2 saturated heterocycles. The van der Waals surface area contributed by atoms with Crippen LogP contribution in [-0.4, -0.2) is 66.5 Å². The zero-order valence-corrected chi connectivity index (χ0v) is 14.7. The van der Waals surface area contributed by atoms with E-state index >= 15 is 0 Å². The molecule has 0 aromatic heterocycles. The highest BCUT2D eigenvalue weighted by Crippen LogP contribution is 2.39. The summed E-state index contributed by atoms with van der Waals surface area (Å²) in [5.74, 6) is -0.817. The van der Waals surface area contributed by atoms with Crippen molar-refractivity contribution in [1.82, 2.24) is 0 Å². The van der Waals surface area contributed by atoms with E-state index in [4.69, 9.17) is 23.7 Å². The van der Waals surface area contributed by atoms with Crippen molar-refractivity contribution in [3.8, 4) is 0 Å². The lowest BCUT2D eigenvalue weighted by Crippen LogP contribution is -2.61. The van der Waals surface area contributed by atoms with Gasteiger partial charge in [-0.25, -0.2) is 0 Å². The van der Waals surface area contributed by atoms with E-state index in [9.17, 15) is 10.2 Å². The van der Waals surface area contributed by atoms with Gasteiger partial charge in [0.15, 0.2) is 12.1 Å². The molecule has 7 nitrogen and oxygen atoms in total. The smallest absolute Gasteiger partial charge is 0.186 e. The van der Waals surface area contributed by atoms with Gasteiger partial charge in [-0.3, -0.25) is 0 Å². The lowest BCUT2D eigenvalue weighted by Gasteiger charge is -2.42. The Morgan fingerprint density at radius 3 is 2.48 bits per heavy atom. The highest BCUT2D eigenvalue weighted by Gasteiger charge is 2.57. The van der Waals surface area contributed by atoms with Crippen molar-refractivity contribution in [2.24, 2.45) is 0 Å². The van der Waals surface area contributed by atoms with E-state index in [1.807, 2.05) is 44.2 Å². The van der Waals surface area contributed by atoms with E-state index in [-0.39, 0.29) is 0 Å². The standard InChI is InChI=1S/C18H26O7/c1-18(2)24-15-14(22-10-11-7-5-4-6-8-11)13(12(20)9-19)23-17(21-3)16(15)25-18/h4-8,12-17,19-20H,9-10H2,1-3H3/t12-,13?,14-,15?,16?,17+/m1/s1. The van der Waals surface area contributed by atoms with Gasteiger partial charge in [-0.15, -0.1) is 0 Å². The first kappa shape index (κ1) is 18.7. The number of rotatable bonds is 6. The molecule has 2 fully saturated rings. The highest BCUT2D eigenvalue weighted by molar-refractivity contribution is 5.13. The minimum Gasteiger partial charge on any atom is -0.394 e. The lowest BCUT2D eigenvalue weighted by molar-refractivity contribution is -0.293. The summed E-state index contributed by atoms with van der Waals surface area (Å²) in [6.07, 6.45) is -4.20. The van der Waals surface area contributed by atoms with E-state index in [1.54, 1.807) is 0 Å². The van der Waals surface area contributed by atoms with Crippen molar-refractivity contribution in [2.75, 3.05) is 13.7 Å². The Labute approximate surface area is 147 Å². The molecule has 0 radical (unpaired) electrons. The number of benzene rings is 1. The van der Waals surface area contributed by atoms with Crippen LogP contribution in [0.5, 0.6) is 0 Å². The summed E-state index contributed by atoms with van der Waals surface area (Å²) in [4.78, 5) is 0. The third-order valence-electron chi connectivity index (χ3n) is 4.45. The van der Waals surface area contributed by atoms with Crippen LogP contribution in [0.1, 0.15) is 19.4 Å². The van der Waals surface area contributed by atoms with Gasteiger partial charge in [-0.1, -0.05) is 30.3 Å². The monoisotopic (exact) mass is 354 g/mol. The molecule has 0 amide bonds. The summed E-state index contributed by atoms with van der Waals surface area (Å²) in [7, 11) is 1.50. The lowest BCUT2D eigenvalue weighted by atomic mass is 9.95. The minimum atomic E-state index is -1.12. The molecule has 0 bridgehead atoms. The molecular weight excluding hydrogens is 328 g/mol. The summed E-state index contributed by atoms with van der Waals surface area (Å²) in [5, 5.41) is 19.6. The Kier molecular flexibility index (Phi) is 5.75. The Morgan fingerprint density at radius 2 is 1.84 bits per heavy atom. The Morgan fingerprint density at radius 1 is 1.16 bits per heavy atom. The first-order chi connectivity index (χ1) is 11.9. The van der Waals surface area contributed by atoms with Crippen molar-refractivity contribution in [2.45, 2.75) is 63.1 Å². The first-order valence-electron chi connectivity index (χ1n) is 8.43. The van der Waals surface area contributed by atoms with Crippen molar-refractivity contribution >= 4 is 0 Å². The number of hydrogen-bond acceptors (Lipinski definition) is 7. The van der Waals surface area contributed by atoms with Gasteiger partial charge in [0.25, 0.3) is 0 Å². The van der Waals surface area contributed by atoms with Crippen molar-refractivity contribution in [3.63, 3.8) is 0 Å². The number of hydrogen-bond donors (Lipinski definition) is 2. The Bertz CT molecular complexity index is 550. The molecule has 3 rings (SSSR count). The van der Waals surface area contributed by atoms with E-state index in [1.165, 1.54) is 7.11 Å². The summed E-state index contributed by atoms with van der Waals surface area (Å²) in [6, 6.07) is 9.69. The van der Waals surface area contributed by atoms with E-state index in [0.29, 0.717) is 6.61 Å². The molecule has 0 saturated carbocycles. The zero-order chi connectivity index (χ0) is 18.0. The molecule has 3 unspecified atom stereocenters. The number of fused-ring (bicyclic) bond motifs is 1. The predicted octanol–water partition coefficient (Wildman–Crippen LogP) is 0.816. The molecule has 140 valence electrons. The first-order valence-corrected chi connectivity index (χ1v) is 8.43. The maximum atomic E-state index is 10.2. The van der Waals surface area contributed by atoms with Gasteiger partial charge in [0.1, 0.15) is 30.5 Å². The Hall–Kier alpha value is -1.06. The van der Waals surface area contributed by atoms with Crippen LogP contribution < -0.4 is 0 Å². The highest BCUT2D eigenvalue weighted by atomic mass is 16.8. The second-order valence-electron chi connectivity index (χ2n) is 6.78. The normalized spacial score (nSPS) is 35.3. The van der Waals surface area contributed by atoms with Crippen LogP contribution >= 0.6 is 0 Å². The quantitative estimate of drug-likeness (QED) is 0.782. The van der Waals surface area contributed by atoms with Gasteiger partial charge >= 0.3 is 0 Å². The molecule has 25 heavy (non-hydrogen) atoms. The van der Waals surface area contributed by atoms with Gasteiger partial charge in [-0.05, 0) is 19.4 Å². The van der Waals surface area contributed by atoms with E-state index in [2.05, 4.69) is 0 Å². The summed E-state index contributed by atoms with van der Waals surface area (Å²) < 4.78 is 29.2. The molecule has 7 heteroatoms. The minimum absolute atomic E-state index is 0.328. The molecule has 2 heterocycles. The number of ether oxygens (including phenoxy) is 5. The van der Waals surface area contributed by atoms with Crippen molar-refractivity contribution in [1.29, 1.82) is 0 Å². The average molecular weight is 354 g/mol. The Balaban J connectivity index is 1.81. The molecule has 1 aromatic carbocycles. The van der Waals surface area contributed by atoms with Crippen molar-refractivity contribution in [3.05, 3.63) is 35.9 Å². The molecule has 1 aromatic rings. The molecule has 0 aliphatic carbocycles. The summed E-state index contributed by atoms with van der Waals surface area (Å²) >= 11 is 0. The fourth-order valence-electron chi connectivity index (χ4n) is 3.34. The van der Waals surface area contributed by atoms with Crippen LogP contribution in [0.25, 0.3) is 0 Å². The van der Waals surface area contributed by atoms with Gasteiger partial charge in [-0.2, -0.15) is 0 Å². The fraction of sp³-hybridized carbons (Fsp3) is 0.667. The van der Waals surface area contributed by atoms with Gasteiger partial charge in [0, 0.05) is 7.11 Å². The fourth-order valence-corrected chi connectivity index (χ4v) is 3.34. The maximum Gasteiger partial charge on any atom is 0.186 e. The molecular formula is C18H26O7. The van der Waals surface area contributed by atoms with Crippen LogP contribution in [0, 0.1) is 0 Å². The van der Waals surface area contributed by atoms with Crippen molar-refractivity contribution < 1.29 is 33.9 Å². The zero-order valence-electron chi connectivity index (χ0n) is 14.7. The maximum absolute atomic E-state index is 10.2. The topological polar surface area (TPSA) is 86.6 Å². The third kappa shape index (κ3) is 4.03. The van der Waals surface area contributed by atoms with Crippen LogP contribution in [0.15, 0.2) is 30.3 Å². The summed E-state index contributed by atoms with van der Waals surface area (Å²) in [6.45, 7) is 3.50. The van der Waals surface area contributed by atoms with Crippen LogP contribution in [0.4, 0.5) is 0 Å². The van der Waals surface area contributed by atoms with Crippen LogP contribution in [0.2, 0.25) is 0 Å². The second kappa shape index (κ2) is 7.67. The van der Waals surface area contributed by atoms with Gasteiger partial charge in [0.2, 0.25) is 0 Å². The molecule has 2 N–H and O–H groups in total. The van der Waals surface area contributed by atoms with Crippen LogP contribution in [-0.2, 0) is 30.3 Å². The number of aliphatic hydroxyl groups excluding tert-OH is 2. The number of methoxy groups -OCH3 is 1. The third-order valence-corrected chi connectivity index (χ3v) is 4.45. The molecule has 0 spiro atoms.